The number of halogens is 1. The zero-order valence-electron chi connectivity index (χ0n) is 12.2. The molecule has 0 radical (unpaired) electrons. The zero-order valence-corrected chi connectivity index (χ0v) is 13.0. The fraction of sp³-hybridized carbons (Fsp3) is 0. The number of hydrogen-bond donors (Lipinski definition) is 3. The van der Waals surface area contributed by atoms with Crippen LogP contribution in [0.1, 0.15) is 10.5 Å². The van der Waals surface area contributed by atoms with Crippen LogP contribution in [-0.2, 0) is 0 Å². The van der Waals surface area contributed by atoms with E-state index in [4.69, 9.17) is 23.1 Å². The molecule has 0 fully saturated rings. The van der Waals surface area contributed by atoms with E-state index in [1.165, 1.54) is 0 Å². The van der Waals surface area contributed by atoms with Gasteiger partial charge in [-0.15, -0.1) is 10.2 Å². The van der Waals surface area contributed by atoms with Gasteiger partial charge in [0, 0.05) is 16.3 Å². The summed E-state index contributed by atoms with van der Waals surface area (Å²) in [5.41, 5.74) is 14.3. The minimum absolute atomic E-state index is 0.0557. The van der Waals surface area contributed by atoms with Gasteiger partial charge >= 0.3 is 0 Å². The van der Waals surface area contributed by atoms with E-state index >= 15 is 0 Å². The van der Waals surface area contributed by atoms with Crippen molar-refractivity contribution in [3.8, 4) is 11.1 Å². The summed E-state index contributed by atoms with van der Waals surface area (Å²) < 4.78 is 0. The van der Waals surface area contributed by atoms with Crippen molar-refractivity contribution < 1.29 is 4.79 Å². The maximum atomic E-state index is 11.4. The fourth-order valence-electron chi connectivity index (χ4n) is 2.72. The number of anilines is 1. The lowest BCUT2D eigenvalue weighted by molar-refractivity contribution is 0.0996. The number of nitrogen functional groups attached to an aromatic ring is 1. The van der Waals surface area contributed by atoms with Gasteiger partial charge in [-0.25, -0.2) is 0 Å². The highest BCUT2D eigenvalue weighted by molar-refractivity contribution is 6.35. The van der Waals surface area contributed by atoms with Crippen molar-refractivity contribution in [2.45, 2.75) is 0 Å². The van der Waals surface area contributed by atoms with Crippen molar-refractivity contribution >= 4 is 45.0 Å². The molecule has 5 N–H and O–H groups in total. The number of aromatic amines is 1. The zero-order chi connectivity index (χ0) is 16.8. The summed E-state index contributed by atoms with van der Waals surface area (Å²) in [5.74, 6) is -0.725. The lowest BCUT2D eigenvalue weighted by atomic mass is 10.00. The number of nitrogens with zero attached hydrogens (tertiary/aromatic N) is 3. The molecule has 4 rings (SSSR count). The minimum atomic E-state index is -0.725. The van der Waals surface area contributed by atoms with E-state index in [0.717, 1.165) is 16.5 Å². The third-order valence-corrected chi connectivity index (χ3v) is 4.20. The number of nitrogens with two attached hydrogens (primary N) is 2. The molecular weight excluding hydrogens is 328 g/mol. The largest absolute Gasteiger partial charge is 0.396 e. The van der Waals surface area contributed by atoms with Gasteiger partial charge in [0.25, 0.3) is 5.91 Å². The number of carbonyl (C=O) groups is 1. The Kier molecular flexibility index (Phi) is 3.10. The SMILES string of the molecule is NC(=O)c1nnc2c(-c3ccc4cn[nH]c4c3)c(Cl)ccc2c1N. The molecule has 4 aromatic rings. The van der Waals surface area contributed by atoms with Crippen LogP contribution >= 0.6 is 11.6 Å². The Bertz CT molecular complexity index is 1120. The molecule has 0 aliphatic rings. The van der Waals surface area contributed by atoms with Crippen LogP contribution in [0.5, 0.6) is 0 Å². The number of H-pyrrole nitrogens is 1. The van der Waals surface area contributed by atoms with Gasteiger partial charge in [0.05, 0.1) is 22.4 Å². The Balaban J connectivity index is 2.05. The van der Waals surface area contributed by atoms with Crippen LogP contribution in [-0.4, -0.2) is 26.3 Å². The van der Waals surface area contributed by atoms with Gasteiger partial charge in [-0.05, 0) is 23.8 Å². The molecule has 0 atom stereocenters. The van der Waals surface area contributed by atoms with Crippen molar-refractivity contribution in [3.05, 3.63) is 47.2 Å². The molecule has 0 bridgehead atoms. The second-order valence-electron chi connectivity index (χ2n) is 5.32. The van der Waals surface area contributed by atoms with Crippen molar-refractivity contribution in [2.24, 2.45) is 5.73 Å². The number of primary amides is 1. The standard InChI is InChI=1S/C16H11ClN6O/c17-10-4-3-9-13(18)15(16(19)24)23-22-14(9)12(10)7-1-2-8-6-20-21-11(8)5-7/h1-6H,(H2,18,22)(H2,19,24)(H,20,21). The van der Waals surface area contributed by atoms with Crippen LogP contribution in [0.4, 0.5) is 5.69 Å². The normalized spacial score (nSPS) is 11.2. The second-order valence-corrected chi connectivity index (χ2v) is 5.72. The molecule has 1 amide bonds. The first-order valence-electron chi connectivity index (χ1n) is 7.04. The van der Waals surface area contributed by atoms with Crippen LogP contribution < -0.4 is 11.5 Å². The third kappa shape index (κ3) is 2.06. The Morgan fingerprint density at radius 3 is 2.79 bits per heavy atom. The van der Waals surface area contributed by atoms with E-state index in [2.05, 4.69) is 20.4 Å². The molecule has 24 heavy (non-hydrogen) atoms. The summed E-state index contributed by atoms with van der Waals surface area (Å²) in [6.45, 7) is 0. The number of amides is 1. The first-order chi connectivity index (χ1) is 11.6. The minimum Gasteiger partial charge on any atom is -0.396 e. The summed E-state index contributed by atoms with van der Waals surface area (Å²) >= 11 is 6.39. The molecule has 0 aliphatic heterocycles. The van der Waals surface area contributed by atoms with E-state index in [0.29, 0.717) is 21.5 Å². The Hall–Kier alpha value is -3.19. The molecule has 2 aromatic heterocycles. The molecule has 0 spiro atoms. The molecule has 0 saturated carbocycles. The number of fused-ring (bicyclic) bond motifs is 2. The van der Waals surface area contributed by atoms with E-state index in [1.807, 2.05) is 18.2 Å². The molecule has 2 heterocycles. The molecule has 118 valence electrons. The van der Waals surface area contributed by atoms with Gasteiger partial charge in [-0.2, -0.15) is 5.10 Å². The summed E-state index contributed by atoms with van der Waals surface area (Å²) in [7, 11) is 0. The highest BCUT2D eigenvalue weighted by Gasteiger charge is 2.17. The molecule has 2 aromatic carbocycles. The van der Waals surface area contributed by atoms with Crippen molar-refractivity contribution in [1.29, 1.82) is 0 Å². The highest BCUT2D eigenvalue weighted by atomic mass is 35.5. The van der Waals surface area contributed by atoms with E-state index in [-0.39, 0.29) is 11.4 Å². The highest BCUT2D eigenvalue weighted by Crippen LogP contribution is 2.37. The van der Waals surface area contributed by atoms with Crippen LogP contribution in [0.15, 0.2) is 36.5 Å². The maximum Gasteiger partial charge on any atom is 0.271 e. The Labute approximate surface area is 140 Å². The summed E-state index contributed by atoms with van der Waals surface area (Å²) in [4.78, 5) is 11.4. The monoisotopic (exact) mass is 338 g/mol. The molecule has 0 saturated heterocycles. The van der Waals surface area contributed by atoms with Crippen molar-refractivity contribution in [3.63, 3.8) is 0 Å². The summed E-state index contributed by atoms with van der Waals surface area (Å²) in [6, 6.07) is 9.17. The van der Waals surface area contributed by atoms with E-state index < -0.39 is 5.91 Å². The van der Waals surface area contributed by atoms with Gasteiger partial charge in [0.15, 0.2) is 5.69 Å². The maximum absolute atomic E-state index is 11.4. The Morgan fingerprint density at radius 1 is 1.17 bits per heavy atom. The predicted octanol–water partition coefficient (Wildman–Crippen LogP) is 2.51. The lowest BCUT2D eigenvalue weighted by Crippen LogP contribution is -2.16. The van der Waals surface area contributed by atoms with E-state index in [1.54, 1.807) is 18.3 Å². The van der Waals surface area contributed by atoms with Crippen molar-refractivity contribution in [2.75, 3.05) is 5.73 Å². The molecular formula is C16H11ClN6O. The van der Waals surface area contributed by atoms with Gasteiger partial charge in [0.2, 0.25) is 0 Å². The number of nitrogens with one attached hydrogen (secondary N) is 1. The first kappa shape index (κ1) is 14.4. The summed E-state index contributed by atoms with van der Waals surface area (Å²) in [6.07, 6.45) is 1.74. The average Bonchev–Trinajstić information content (AvgIpc) is 3.02. The number of carbonyl (C=O) groups excluding carboxylic acids is 1. The quantitative estimate of drug-likeness (QED) is 0.518. The van der Waals surface area contributed by atoms with Gasteiger partial charge < -0.3 is 11.5 Å². The number of benzene rings is 2. The lowest BCUT2D eigenvalue weighted by Gasteiger charge is -2.11. The number of rotatable bonds is 2. The van der Waals surface area contributed by atoms with Crippen LogP contribution in [0, 0.1) is 0 Å². The van der Waals surface area contributed by atoms with Crippen LogP contribution in [0.3, 0.4) is 0 Å². The molecule has 8 heteroatoms. The smallest absolute Gasteiger partial charge is 0.271 e. The number of hydrogen-bond acceptors (Lipinski definition) is 5. The van der Waals surface area contributed by atoms with Crippen LogP contribution in [0.25, 0.3) is 32.9 Å². The molecule has 7 nitrogen and oxygen atoms in total. The van der Waals surface area contributed by atoms with Gasteiger partial charge in [-0.3, -0.25) is 9.89 Å². The topological polar surface area (TPSA) is 124 Å². The second kappa shape index (κ2) is 5.17. The van der Waals surface area contributed by atoms with Gasteiger partial charge in [0.1, 0.15) is 5.52 Å². The summed E-state index contributed by atoms with van der Waals surface area (Å²) in [5, 5.41) is 17.0. The number of aromatic nitrogens is 4. The first-order valence-corrected chi connectivity index (χ1v) is 7.41. The van der Waals surface area contributed by atoms with Gasteiger partial charge in [-0.1, -0.05) is 23.7 Å². The molecule has 0 unspecified atom stereocenters. The Morgan fingerprint density at radius 2 is 2.00 bits per heavy atom. The average molecular weight is 339 g/mol. The van der Waals surface area contributed by atoms with Crippen LogP contribution in [0.2, 0.25) is 5.02 Å². The fourth-order valence-corrected chi connectivity index (χ4v) is 2.98. The third-order valence-electron chi connectivity index (χ3n) is 3.89. The predicted molar refractivity (Wildman–Crippen MR) is 92.6 cm³/mol. The van der Waals surface area contributed by atoms with Crippen molar-refractivity contribution in [1.82, 2.24) is 20.4 Å². The molecule has 0 aliphatic carbocycles. The van der Waals surface area contributed by atoms with E-state index in [9.17, 15) is 4.79 Å².